The quantitative estimate of drug-likeness (QED) is 0.339. The Hall–Kier alpha value is -3.70. The van der Waals surface area contributed by atoms with Crippen LogP contribution in [0, 0.1) is 13.8 Å². The standard InChI is InChI=1S/C28H25ClN2O3/c1-16-10-23-19(13-25(16)33-3)22(28(32)30-23)12-21-20-14-26(34-4)17(2)11-24(20)31(27(21)29)15-18-8-6-5-7-9-18/h5-14H,15H2,1-4H3,(H,30,32)/b22-12+. The van der Waals surface area contributed by atoms with E-state index in [1.54, 1.807) is 14.2 Å². The van der Waals surface area contributed by atoms with Crippen LogP contribution in [0.2, 0.25) is 5.15 Å². The summed E-state index contributed by atoms with van der Waals surface area (Å²) in [6.07, 6.45) is 1.87. The molecule has 0 unspecified atom stereocenters. The lowest BCUT2D eigenvalue weighted by atomic mass is 10.0. The minimum Gasteiger partial charge on any atom is -0.496 e. The largest absolute Gasteiger partial charge is 0.496 e. The van der Waals surface area contributed by atoms with Crippen LogP contribution in [0.3, 0.4) is 0 Å². The number of hydrogen-bond acceptors (Lipinski definition) is 3. The van der Waals surface area contributed by atoms with Crippen LogP contribution in [0.5, 0.6) is 11.5 Å². The topological polar surface area (TPSA) is 52.5 Å². The van der Waals surface area contributed by atoms with Crippen LogP contribution in [0.4, 0.5) is 5.69 Å². The van der Waals surface area contributed by atoms with Gasteiger partial charge in [0.1, 0.15) is 16.7 Å². The van der Waals surface area contributed by atoms with Gasteiger partial charge in [-0.25, -0.2) is 0 Å². The summed E-state index contributed by atoms with van der Waals surface area (Å²) in [5.74, 6) is 1.34. The van der Waals surface area contributed by atoms with Gasteiger partial charge in [0.15, 0.2) is 0 Å². The van der Waals surface area contributed by atoms with E-state index in [1.807, 2.05) is 56.3 Å². The smallest absolute Gasteiger partial charge is 0.256 e. The van der Waals surface area contributed by atoms with Gasteiger partial charge >= 0.3 is 0 Å². The summed E-state index contributed by atoms with van der Waals surface area (Å²) in [7, 11) is 3.29. The second-order valence-corrected chi connectivity index (χ2v) is 8.85. The lowest BCUT2D eigenvalue weighted by molar-refractivity contribution is -0.110. The van der Waals surface area contributed by atoms with Crippen LogP contribution in [0.25, 0.3) is 22.6 Å². The number of ether oxygens (including phenoxy) is 2. The number of benzene rings is 3. The van der Waals surface area contributed by atoms with E-state index in [-0.39, 0.29) is 5.91 Å². The Morgan fingerprint density at radius 1 is 0.971 bits per heavy atom. The fraction of sp³-hybridized carbons (Fsp3) is 0.179. The molecule has 2 heterocycles. The Morgan fingerprint density at radius 2 is 1.65 bits per heavy atom. The molecule has 0 saturated heterocycles. The summed E-state index contributed by atoms with van der Waals surface area (Å²) in [5.41, 5.74) is 7.00. The van der Waals surface area contributed by atoms with Crippen molar-refractivity contribution >= 4 is 45.7 Å². The van der Waals surface area contributed by atoms with Crippen LogP contribution < -0.4 is 14.8 Å². The number of aromatic nitrogens is 1. The zero-order valence-electron chi connectivity index (χ0n) is 19.5. The molecular formula is C28H25ClN2O3. The third-order valence-electron chi connectivity index (χ3n) is 6.34. The van der Waals surface area contributed by atoms with Crippen molar-refractivity contribution in [3.05, 3.63) is 87.6 Å². The number of aryl methyl sites for hydroxylation is 2. The molecule has 3 aromatic carbocycles. The number of halogens is 1. The van der Waals surface area contributed by atoms with Crippen molar-refractivity contribution in [3.8, 4) is 11.5 Å². The summed E-state index contributed by atoms with van der Waals surface area (Å²) < 4.78 is 13.2. The van der Waals surface area contributed by atoms with E-state index in [0.29, 0.717) is 17.3 Å². The number of nitrogens with zero attached hydrogens (tertiary/aromatic N) is 1. The van der Waals surface area contributed by atoms with Gasteiger partial charge in [0.2, 0.25) is 0 Å². The number of carbonyl (C=O) groups is 1. The first-order valence-electron chi connectivity index (χ1n) is 11.0. The van der Waals surface area contributed by atoms with Crippen LogP contribution in [-0.4, -0.2) is 24.7 Å². The maximum atomic E-state index is 13.0. The molecule has 0 fully saturated rings. The SMILES string of the molecule is COc1cc2c(cc1C)NC(=O)/C2=C/c1c(Cl)n(Cc2ccccc2)c2cc(C)c(OC)cc12. The second kappa shape index (κ2) is 8.58. The molecule has 6 heteroatoms. The first kappa shape index (κ1) is 22.1. The van der Waals surface area contributed by atoms with Crippen molar-refractivity contribution in [2.75, 3.05) is 19.5 Å². The number of carbonyl (C=O) groups excluding carboxylic acids is 1. The molecule has 5 nitrogen and oxygen atoms in total. The molecule has 34 heavy (non-hydrogen) atoms. The van der Waals surface area contributed by atoms with Crippen LogP contribution >= 0.6 is 11.6 Å². The molecule has 0 atom stereocenters. The Morgan fingerprint density at radius 3 is 2.35 bits per heavy atom. The molecule has 0 aliphatic carbocycles. The van der Waals surface area contributed by atoms with Gasteiger partial charge in [0.05, 0.1) is 19.7 Å². The van der Waals surface area contributed by atoms with E-state index in [0.717, 1.165) is 55.9 Å². The number of fused-ring (bicyclic) bond motifs is 2. The normalized spacial score (nSPS) is 13.9. The lowest BCUT2D eigenvalue weighted by Gasteiger charge is -2.09. The number of anilines is 1. The Labute approximate surface area is 203 Å². The van der Waals surface area contributed by atoms with Gasteiger partial charge in [-0.2, -0.15) is 0 Å². The van der Waals surface area contributed by atoms with Crippen molar-refractivity contribution in [1.29, 1.82) is 0 Å². The highest BCUT2D eigenvalue weighted by Gasteiger charge is 2.27. The van der Waals surface area contributed by atoms with Gasteiger partial charge in [-0.3, -0.25) is 4.79 Å². The average molecular weight is 473 g/mol. The lowest BCUT2D eigenvalue weighted by Crippen LogP contribution is -2.03. The van der Waals surface area contributed by atoms with Crippen molar-refractivity contribution < 1.29 is 14.3 Å². The summed E-state index contributed by atoms with van der Waals surface area (Å²) in [6, 6.07) is 18.1. The summed E-state index contributed by atoms with van der Waals surface area (Å²) >= 11 is 7.01. The highest BCUT2D eigenvalue weighted by atomic mass is 35.5. The minimum atomic E-state index is -0.165. The Bertz CT molecular complexity index is 1470. The van der Waals surface area contributed by atoms with Crippen LogP contribution in [0.1, 0.15) is 27.8 Å². The minimum absolute atomic E-state index is 0.165. The predicted molar refractivity (Wildman–Crippen MR) is 138 cm³/mol. The van der Waals surface area contributed by atoms with Gasteiger partial charge in [0.25, 0.3) is 5.91 Å². The molecule has 1 aliphatic heterocycles. The molecule has 4 aromatic rings. The van der Waals surface area contributed by atoms with E-state index in [1.165, 1.54) is 0 Å². The van der Waals surface area contributed by atoms with Gasteiger partial charge in [-0.1, -0.05) is 41.9 Å². The van der Waals surface area contributed by atoms with Crippen molar-refractivity contribution in [2.45, 2.75) is 20.4 Å². The molecule has 0 spiro atoms. The van der Waals surface area contributed by atoms with Crippen LogP contribution in [-0.2, 0) is 11.3 Å². The molecule has 5 rings (SSSR count). The van der Waals surface area contributed by atoms with E-state index in [9.17, 15) is 4.79 Å². The van der Waals surface area contributed by atoms with Gasteiger partial charge in [0, 0.05) is 34.3 Å². The molecule has 1 aromatic heterocycles. The fourth-order valence-electron chi connectivity index (χ4n) is 4.59. The van der Waals surface area contributed by atoms with Gasteiger partial charge in [-0.05, 0) is 60.9 Å². The van der Waals surface area contributed by atoms with E-state index in [2.05, 4.69) is 28.1 Å². The summed E-state index contributed by atoms with van der Waals surface area (Å²) in [4.78, 5) is 13.0. The number of rotatable bonds is 5. The average Bonchev–Trinajstić information content (AvgIpc) is 3.26. The monoisotopic (exact) mass is 472 g/mol. The molecule has 1 aliphatic rings. The van der Waals surface area contributed by atoms with Crippen LogP contribution in [0.15, 0.2) is 54.6 Å². The third-order valence-corrected chi connectivity index (χ3v) is 6.75. The number of methoxy groups -OCH3 is 2. The van der Waals surface area contributed by atoms with E-state index >= 15 is 0 Å². The Kier molecular flexibility index (Phi) is 5.58. The van der Waals surface area contributed by atoms with Crippen molar-refractivity contribution in [2.24, 2.45) is 0 Å². The summed E-state index contributed by atoms with van der Waals surface area (Å²) in [6.45, 7) is 4.58. The zero-order valence-corrected chi connectivity index (χ0v) is 20.3. The summed E-state index contributed by atoms with van der Waals surface area (Å²) in [5, 5.41) is 4.46. The van der Waals surface area contributed by atoms with Gasteiger partial charge in [-0.15, -0.1) is 0 Å². The predicted octanol–water partition coefficient (Wildman–Crippen LogP) is 6.47. The number of nitrogens with one attached hydrogen (secondary N) is 1. The maximum Gasteiger partial charge on any atom is 0.256 e. The third kappa shape index (κ3) is 3.62. The molecule has 0 saturated carbocycles. The second-order valence-electron chi connectivity index (χ2n) is 8.49. The first-order valence-corrected chi connectivity index (χ1v) is 11.4. The van der Waals surface area contributed by atoms with Crippen molar-refractivity contribution in [3.63, 3.8) is 0 Å². The molecule has 0 radical (unpaired) electrons. The Balaban J connectivity index is 1.74. The highest BCUT2D eigenvalue weighted by molar-refractivity contribution is 6.38. The fourth-order valence-corrected chi connectivity index (χ4v) is 4.89. The molecular weight excluding hydrogens is 448 g/mol. The number of hydrogen-bond donors (Lipinski definition) is 1. The molecule has 1 amide bonds. The molecule has 1 N–H and O–H groups in total. The first-order chi connectivity index (χ1) is 16.4. The van der Waals surface area contributed by atoms with E-state index < -0.39 is 0 Å². The van der Waals surface area contributed by atoms with Crippen molar-refractivity contribution in [1.82, 2.24) is 4.57 Å². The number of amides is 1. The highest BCUT2D eigenvalue weighted by Crippen LogP contribution is 2.41. The molecule has 172 valence electrons. The zero-order chi connectivity index (χ0) is 24.0. The van der Waals surface area contributed by atoms with E-state index in [4.69, 9.17) is 21.1 Å². The van der Waals surface area contributed by atoms with Gasteiger partial charge < -0.3 is 19.4 Å². The molecule has 0 bridgehead atoms. The maximum absolute atomic E-state index is 13.0.